The van der Waals surface area contributed by atoms with Gasteiger partial charge in [0.2, 0.25) is 0 Å². The lowest BCUT2D eigenvalue weighted by Crippen LogP contribution is -2.27. The van der Waals surface area contributed by atoms with Gasteiger partial charge in [0, 0.05) is 34.9 Å². The van der Waals surface area contributed by atoms with Crippen molar-refractivity contribution in [2.24, 2.45) is 7.05 Å². The molecule has 1 aromatic carbocycles. The van der Waals surface area contributed by atoms with E-state index in [2.05, 4.69) is 57.5 Å². The summed E-state index contributed by atoms with van der Waals surface area (Å²) in [6.45, 7) is 2.23. The van der Waals surface area contributed by atoms with E-state index in [1.54, 1.807) is 0 Å². The van der Waals surface area contributed by atoms with Gasteiger partial charge in [0.1, 0.15) is 0 Å². The van der Waals surface area contributed by atoms with Gasteiger partial charge in [0.05, 0.1) is 6.20 Å². The van der Waals surface area contributed by atoms with E-state index in [1.807, 2.05) is 17.9 Å². The molecule has 106 valence electrons. The van der Waals surface area contributed by atoms with E-state index < -0.39 is 0 Å². The molecule has 2 aromatic rings. The smallest absolute Gasteiger partial charge is 0.0540 e. The fraction of sp³-hybridized carbons (Fsp3) is 0.438. The predicted octanol–water partition coefficient (Wildman–Crippen LogP) is 3.91. The van der Waals surface area contributed by atoms with Gasteiger partial charge in [-0.2, -0.15) is 5.10 Å². The number of aryl methyl sites for hydroxylation is 1. The summed E-state index contributed by atoms with van der Waals surface area (Å²) in [7, 11) is 2.04. The molecule has 3 rings (SSSR count). The van der Waals surface area contributed by atoms with Gasteiger partial charge in [-0.15, -0.1) is 0 Å². The molecule has 4 heteroatoms. The quantitative estimate of drug-likeness (QED) is 0.922. The molecular formula is C16H20BrN3. The molecule has 3 nitrogen and oxygen atoms in total. The van der Waals surface area contributed by atoms with Gasteiger partial charge in [-0.3, -0.25) is 4.68 Å². The van der Waals surface area contributed by atoms with Crippen LogP contribution in [-0.4, -0.2) is 9.78 Å². The van der Waals surface area contributed by atoms with E-state index in [9.17, 15) is 0 Å². The Morgan fingerprint density at radius 1 is 1.45 bits per heavy atom. The van der Waals surface area contributed by atoms with Crippen LogP contribution in [0.5, 0.6) is 0 Å². The lowest BCUT2D eigenvalue weighted by molar-refractivity contribution is 0.411. The summed E-state index contributed by atoms with van der Waals surface area (Å²) >= 11 is 3.54. The van der Waals surface area contributed by atoms with Crippen LogP contribution in [-0.2, 0) is 13.5 Å². The minimum Gasteiger partial charge on any atom is -0.303 e. The summed E-state index contributed by atoms with van der Waals surface area (Å²) in [5, 5.41) is 8.17. The average Bonchev–Trinajstić information content (AvgIpc) is 2.82. The Balaban J connectivity index is 1.78. The first kappa shape index (κ1) is 13.8. The minimum absolute atomic E-state index is 0.337. The number of hydrogen-bond donors (Lipinski definition) is 1. The third-order valence-corrected chi connectivity index (χ3v) is 4.67. The summed E-state index contributed by atoms with van der Waals surface area (Å²) in [6, 6.07) is 9.27. The first-order chi connectivity index (χ1) is 9.65. The highest BCUT2D eigenvalue weighted by atomic mass is 79.9. The lowest BCUT2D eigenvalue weighted by Gasteiger charge is -2.27. The van der Waals surface area contributed by atoms with Crippen LogP contribution in [0, 0.1) is 0 Å². The fourth-order valence-electron chi connectivity index (χ4n) is 3.05. The Kier molecular flexibility index (Phi) is 3.94. The monoisotopic (exact) mass is 333 g/mol. The van der Waals surface area contributed by atoms with E-state index in [0.717, 1.165) is 10.9 Å². The van der Waals surface area contributed by atoms with Crippen LogP contribution in [0.4, 0.5) is 0 Å². The summed E-state index contributed by atoms with van der Waals surface area (Å²) in [6.07, 6.45) is 5.60. The van der Waals surface area contributed by atoms with Crippen molar-refractivity contribution in [2.45, 2.75) is 38.3 Å². The van der Waals surface area contributed by atoms with Crippen LogP contribution >= 0.6 is 15.9 Å². The van der Waals surface area contributed by atoms with E-state index in [4.69, 9.17) is 0 Å². The van der Waals surface area contributed by atoms with E-state index in [1.165, 1.54) is 29.7 Å². The standard InChI is InChI=1S/C16H20BrN3/c1-11(12-5-3-6-13(17)9-12)19-15-7-4-8-16-14(15)10-18-20(16)2/h3,5-6,9-11,15,19H,4,7-8H2,1-2H3. The SMILES string of the molecule is CC(NC1CCCc2c1cnn2C)c1cccc(Br)c1. The zero-order valence-electron chi connectivity index (χ0n) is 11.9. The highest BCUT2D eigenvalue weighted by molar-refractivity contribution is 9.10. The van der Waals surface area contributed by atoms with Crippen molar-refractivity contribution in [1.29, 1.82) is 0 Å². The van der Waals surface area contributed by atoms with Crippen LogP contribution < -0.4 is 5.32 Å². The van der Waals surface area contributed by atoms with Crippen LogP contribution in [0.25, 0.3) is 0 Å². The molecule has 20 heavy (non-hydrogen) atoms. The summed E-state index contributed by atoms with van der Waals surface area (Å²) < 4.78 is 3.15. The third kappa shape index (κ3) is 2.67. The summed E-state index contributed by atoms with van der Waals surface area (Å²) in [5.74, 6) is 0. The van der Waals surface area contributed by atoms with Gasteiger partial charge >= 0.3 is 0 Å². The zero-order chi connectivity index (χ0) is 14.1. The zero-order valence-corrected chi connectivity index (χ0v) is 13.5. The van der Waals surface area contributed by atoms with Gasteiger partial charge in [-0.05, 0) is 43.9 Å². The van der Waals surface area contributed by atoms with Crippen molar-refractivity contribution in [3.05, 3.63) is 51.8 Å². The van der Waals surface area contributed by atoms with E-state index >= 15 is 0 Å². The molecule has 1 aromatic heterocycles. The molecule has 1 N–H and O–H groups in total. The normalized spacial score (nSPS) is 19.6. The van der Waals surface area contributed by atoms with Gasteiger partial charge in [-0.1, -0.05) is 28.1 Å². The van der Waals surface area contributed by atoms with Gasteiger partial charge in [0.25, 0.3) is 0 Å². The fourth-order valence-corrected chi connectivity index (χ4v) is 3.47. The maximum absolute atomic E-state index is 4.41. The Bertz CT molecular complexity index is 606. The molecule has 0 fully saturated rings. The van der Waals surface area contributed by atoms with Crippen molar-refractivity contribution in [3.63, 3.8) is 0 Å². The van der Waals surface area contributed by atoms with Crippen molar-refractivity contribution in [1.82, 2.24) is 15.1 Å². The summed E-state index contributed by atoms with van der Waals surface area (Å²) in [4.78, 5) is 0. The molecular weight excluding hydrogens is 314 g/mol. The molecule has 1 aliphatic rings. The Morgan fingerprint density at radius 2 is 2.30 bits per heavy atom. The number of nitrogens with zero attached hydrogens (tertiary/aromatic N) is 2. The third-order valence-electron chi connectivity index (χ3n) is 4.18. The molecule has 0 radical (unpaired) electrons. The first-order valence-electron chi connectivity index (χ1n) is 7.17. The highest BCUT2D eigenvalue weighted by Crippen LogP contribution is 2.31. The molecule has 0 spiro atoms. The van der Waals surface area contributed by atoms with Gasteiger partial charge in [-0.25, -0.2) is 0 Å². The molecule has 2 unspecified atom stereocenters. The molecule has 0 saturated heterocycles. The second kappa shape index (κ2) is 5.70. The Labute approximate surface area is 128 Å². The maximum Gasteiger partial charge on any atom is 0.0540 e. The molecule has 2 atom stereocenters. The highest BCUT2D eigenvalue weighted by Gasteiger charge is 2.24. The molecule has 0 aliphatic heterocycles. The molecule has 1 heterocycles. The van der Waals surface area contributed by atoms with Crippen LogP contribution in [0.15, 0.2) is 34.9 Å². The molecule has 1 aliphatic carbocycles. The van der Waals surface area contributed by atoms with Crippen LogP contribution in [0.2, 0.25) is 0 Å². The molecule has 0 saturated carbocycles. The first-order valence-corrected chi connectivity index (χ1v) is 7.96. The number of hydrogen-bond acceptors (Lipinski definition) is 2. The number of aromatic nitrogens is 2. The van der Waals surface area contributed by atoms with Crippen molar-refractivity contribution >= 4 is 15.9 Å². The second-order valence-corrected chi connectivity index (χ2v) is 6.47. The van der Waals surface area contributed by atoms with E-state index in [0.29, 0.717) is 12.1 Å². The predicted molar refractivity (Wildman–Crippen MR) is 84.6 cm³/mol. The van der Waals surface area contributed by atoms with Crippen molar-refractivity contribution in [3.8, 4) is 0 Å². The lowest BCUT2D eigenvalue weighted by atomic mass is 9.92. The Morgan fingerprint density at radius 3 is 3.10 bits per heavy atom. The topological polar surface area (TPSA) is 29.9 Å². The summed E-state index contributed by atoms with van der Waals surface area (Å²) in [5.41, 5.74) is 4.08. The Hall–Kier alpha value is -1.13. The average molecular weight is 334 g/mol. The number of fused-ring (bicyclic) bond motifs is 1. The number of benzene rings is 1. The van der Waals surface area contributed by atoms with Crippen molar-refractivity contribution in [2.75, 3.05) is 0 Å². The van der Waals surface area contributed by atoms with E-state index in [-0.39, 0.29) is 0 Å². The maximum atomic E-state index is 4.41. The van der Waals surface area contributed by atoms with Gasteiger partial charge in [0.15, 0.2) is 0 Å². The number of halogens is 1. The van der Waals surface area contributed by atoms with Crippen LogP contribution in [0.3, 0.4) is 0 Å². The van der Waals surface area contributed by atoms with Crippen molar-refractivity contribution < 1.29 is 0 Å². The second-order valence-electron chi connectivity index (χ2n) is 5.56. The molecule has 0 bridgehead atoms. The largest absolute Gasteiger partial charge is 0.303 e. The van der Waals surface area contributed by atoms with Gasteiger partial charge < -0.3 is 5.32 Å². The molecule has 0 amide bonds. The number of rotatable bonds is 3. The minimum atomic E-state index is 0.337. The van der Waals surface area contributed by atoms with Crippen LogP contribution in [0.1, 0.15) is 48.7 Å². The number of nitrogens with one attached hydrogen (secondary N) is 1.